The highest BCUT2D eigenvalue weighted by Gasteiger charge is 2.31. The molecule has 0 aliphatic carbocycles. The number of halogens is 1. The molecule has 1 aliphatic rings. The fraction of sp³-hybridized carbons (Fsp3) is 0.188. The molecule has 1 aliphatic heterocycles. The number of carbonyl (C=O) groups excluding carboxylic acids is 1. The summed E-state index contributed by atoms with van der Waals surface area (Å²) in [5.74, 6) is -1.46. The van der Waals surface area contributed by atoms with Gasteiger partial charge in [0, 0.05) is 6.04 Å². The number of carbonyl (C=O) groups is 1. The molecule has 1 heterocycles. The minimum absolute atomic E-state index is 0.0693. The summed E-state index contributed by atoms with van der Waals surface area (Å²) < 4.78 is 37.7. The summed E-state index contributed by atoms with van der Waals surface area (Å²) in [5.41, 5.74) is 8.94. The van der Waals surface area contributed by atoms with Gasteiger partial charge in [0.25, 0.3) is 15.9 Å². The van der Waals surface area contributed by atoms with E-state index in [2.05, 4.69) is 16.3 Å². The van der Waals surface area contributed by atoms with Crippen LogP contribution in [0.2, 0.25) is 0 Å². The van der Waals surface area contributed by atoms with Gasteiger partial charge >= 0.3 is 0 Å². The maximum atomic E-state index is 13.6. The Morgan fingerprint density at radius 1 is 1.04 bits per heavy atom. The Kier molecular flexibility index (Phi) is 5.09. The van der Waals surface area contributed by atoms with E-state index in [1.165, 1.54) is 12.1 Å². The van der Waals surface area contributed by atoms with Gasteiger partial charge in [-0.15, -0.1) is 4.83 Å². The van der Waals surface area contributed by atoms with Crippen LogP contribution in [0.15, 0.2) is 59.5 Å². The second-order valence-electron chi connectivity index (χ2n) is 5.57. The van der Waals surface area contributed by atoms with Crippen molar-refractivity contribution in [2.24, 2.45) is 0 Å². The van der Waals surface area contributed by atoms with Crippen molar-refractivity contribution in [3.05, 3.63) is 66.0 Å². The summed E-state index contributed by atoms with van der Waals surface area (Å²) in [7, 11) is -4.19. The number of sulfonamides is 1. The predicted molar refractivity (Wildman–Crippen MR) is 88.7 cm³/mol. The highest BCUT2D eigenvalue weighted by atomic mass is 32.2. The zero-order chi connectivity index (χ0) is 17.9. The summed E-state index contributed by atoms with van der Waals surface area (Å²) in [6.07, 6.45) is 0.442. The first-order valence-electron chi connectivity index (χ1n) is 7.59. The third-order valence-electron chi connectivity index (χ3n) is 3.86. The maximum Gasteiger partial charge on any atom is 0.260 e. The van der Waals surface area contributed by atoms with Crippen molar-refractivity contribution in [1.29, 1.82) is 0 Å². The first kappa shape index (κ1) is 17.5. The molecule has 0 spiro atoms. The van der Waals surface area contributed by atoms with Crippen molar-refractivity contribution >= 4 is 15.9 Å². The molecule has 1 fully saturated rings. The van der Waals surface area contributed by atoms with Gasteiger partial charge in [0.05, 0.1) is 0 Å². The molecule has 0 radical (unpaired) electrons. The van der Waals surface area contributed by atoms with Gasteiger partial charge in [-0.3, -0.25) is 10.2 Å². The van der Waals surface area contributed by atoms with E-state index >= 15 is 0 Å². The molecule has 2 aromatic rings. The lowest BCUT2D eigenvalue weighted by atomic mass is 10.0. The summed E-state index contributed by atoms with van der Waals surface area (Å²) in [6.45, 7) is 0. The topological polar surface area (TPSA) is 99.3 Å². The molecular weight excluding hydrogens is 347 g/mol. The highest BCUT2D eigenvalue weighted by Crippen LogP contribution is 2.21. The van der Waals surface area contributed by atoms with Gasteiger partial charge in [-0.05, 0) is 24.1 Å². The monoisotopic (exact) mass is 364 g/mol. The third-order valence-corrected chi connectivity index (χ3v) is 5.14. The van der Waals surface area contributed by atoms with Gasteiger partial charge in [-0.1, -0.05) is 42.5 Å². The number of benzene rings is 2. The Morgan fingerprint density at radius 3 is 2.44 bits per heavy atom. The van der Waals surface area contributed by atoms with E-state index < -0.39 is 32.7 Å². The minimum Gasteiger partial charge on any atom is -0.276 e. The molecule has 2 unspecified atom stereocenters. The van der Waals surface area contributed by atoms with E-state index in [1.807, 2.05) is 35.2 Å². The Balaban J connectivity index is 1.59. The second-order valence-corrected chi connectivity index (χ2v) is 7.22. The average Bonchev–Trinajstić information content (AvgIpc) is 3.11. The molecule has 4 N–H and O–H groups in total. The van der Waals surface area contributed by atoms with Gasteiger partial charge in [0.2, 0.25) is 0 Å². The molecule has 0 aromatic heterocycles. The Hall–Kier alpha value is -2.33. The van der Waals surface area contributed by atoms with Crippen LogP contribution in [0.25, 0.3) is 0 Å². The molecule has 1 amide bonds. The fourth-order valence-corrected chi connectivity index (χ4v) is 3.48. The molecule has 7 nitrogen and oxygen atoms in total. The summed E-state index contributed by atoms with van der Waals surface area (Å²) >= 11 is 0. The van der Waals surface area contributed by atoms with Crippen molar-refractivity contribution < 1.29 is 17.6 Å². The van der Waals surface area contributed by atoms with Crippen LogP contribution < -0.4 is 21.1 Å². The number of hydrogen-bond acceptors (Lipinski definition) is 5. The SMILES string of the molecule is O=C(NNS(=O)(=O)c1ccccc1F)C1CC(c2ccccc2)NN1. The van der Waals surface area contributed by atoms with Crippen molar-refractivity contribution in [2.75, 3.05) is 0 Å². The van der Waals surface area contributed by atoms with Crippen LogP contribution in [0, 0.1) is 5.82 Å². The second kappa shape index (κ2) is 7.28. The van der Waals surface area contributed by atoms with Crippen LogP contribution in [0.3, 0.4) is 0 Å². The molecule has 25 heavy (non-hydrogen) atoms. The first-order valence-corrected chi connectivity index (χ1v) is 9.08. The van der Waals surface area contributed by atoms with Crippen molar-refractivity contribution in [3.8, 4) is 0 Å². The number of hydrogen-bond donors (Lipinski definition) is 4. The average molecular weight is 364 g/mol. The minimum atomic E-state index is -4.19. The first-order chi connectivity index (χ1) is 12.0. The number of hydrazine groups is 2. The normalized spacial score (nSPS) is 20.4. The van der Waals surface area contributed by atoms with Crippen molar-refractivity contribution in [1.82, 2.24) is 21.1 Å². The van der Waals surface area contributed by atoms with Crippen molar-refractivity contribution in [3.63, 3.8) is 0 Å². The van der Waals surface area contributed by atoms with Gasteiger partial charge in [0.15, 0.2) is 0 Å². The molecule has 2 aromatic carbocycles. The highest BCUT2D eigenvalue weighted by molar-refractivity contribution is 7.89. The summed E-state index contributed by atoms with van der Waals surface area (Å²) in [5, 5.41) is 0. The number of amides is 1. The van der Waals surface area contributed by atoms with Crippen molar-refractivity contribution in [2.45, 2.75) is 23.4 Å². The van der Waals surface area contributed by atoms with Crippen LogP contribution in [0.5, 0.6) is 0 Å². The zero-order valence-corrected chi connectivity index (χ0v) is 13.9. The van der Waals surface area contributed by atoms with Crippen LogP contribution in [0.4, 0.5) is 4.39 Å². The van der Waals surface area contributed by atoms with Crippen LogP contribution in [-0.4, -0.2) is 20.4 Å². The van der Waals surface area contributed by atoms with E-state index in [0.717, 1.165) is 17.7 Å². The van der Waals surface area contributed by atoms with E-state index in [0.29, 0.717) is 6.42 Å². The van der Waals surface area contributed by atoms with E-state index in [9.17, 15) is 17.6 Å². The summed E-state index contributed by atoms with van der Waals surface area (Å²) in [6, 6.07) is 13.8. The van der Waals surface area contributed by atoms with Gasteiger partial charge in [0.1, 0.15) is 16.8 Å². The van der Waals surface area contributed by atoms with Crippen LogP contribution in [0.1, 0.15) is 18.0 Å². The number of nitrogens with one attached hydrogen (secondary N) is 4. The van der Waals surface area contributed by atoms with Gasteiger partial charge in [-0.2, -0.15) is 0 Å². The lowest BCUT2D eigenvalue weighted by Crippen LogP contribution is -2.50. The lowest BCUT2D eigenvalue weighted by molar-refractivity contribution is -0.123. The predicted octanol–water partition coefficient (Wildman–Crippen LogP) is 0.743. The fourth-order valence-electron chi connectivity index (χ4n) is 2.55. The standard InChI is InChI=1S/C16H17FN4O3S/c17-12-8-4-5-9-15(12)25(23,24)21-20-16(22)14-10-13(18-19-14)11-6-2-1-3-7-11/h1-9,13-14,18-19,21H,10H2,(H,20,22). The number of rotatable bonds is 5. The largest absolute Gasteiger partial charge is 0.276 e. The summed E-state index contributed by atoms with van der Waals surface area (Å²) in [4.78, 5) is 13.5. The lowest BCUT2D eigenvalue weighted by Gasteiger charge is -2.12. The molecule has 2 atom stereocenters. The Labute approximate surface area is 144 Å². The molecular formula is C16H17FN4O3S. The van der Waals surface area contributed by atoms with E-state index in [4.69, 9.17) is 0 Å². The molecule has 132 valence electrons. The quantitative estimate of drug-likeness (QED) is 0.587. The van der Waals surface area contributed by atoms with Gasteiger partial charge in [-0.25, -0.2) is 23.7 Å². The van der Waals surface area contributed by atoms with E-state index in [1.54, 1.807) is 0 Å². The maximum absolute atomic E-state index is 13.6. The Bertz CT molecular complexity index is 861. The molecule has 9 heteroatoms. The van der Waals surface area contributed by atoms with Gasteiger partial charge < -0.3 is 0 Å². The van der Waals surface area contributed by atoms with E-state index in [-0.39, 0.29) is 6.04 Å². The van der Waals surface area contributed by atoms with Crippen LogP contribution in [-0.2, 0) is 14.8 Å². The van der Waals surface area contributed by atoms with Crippen LogP contribution >= 0.6 is 0 Å². The molecule has 1 saturated heterocycles. The zero-order valence-electron chi connectivity index (χ0n) is 13.1. The third kappa shape index (κ3) is 4.02. The Morgan fingerprint density at radius 2 is 1.72 bits per heavy atom. The molecule has 3 rings (SSSR count). The smallest absolute Gasteiger partial charge is 0.260 e. The molecule has 0 bridgehead atoms. The molecule has 0 saturated carbocycles.